The molecular formula is C19H37N3O. The highest BCUT2D eigenvalue weighted by molar-refractivity contribution is 5.79. The highest BCUT2D eigenvalue weighted by Gasteiger charge is 2.33. The first-order valence-corrected chi connectivity index (χ1v) is 9.19. The second-order valence-corrected chi connectivity index (χ2v) is 6.91. The molecule has 0 aromatic heterocycles. The van der Waals surface area contributed by atoms with Gasteiger partial charge in [-0.15, -0.1) is 6.58 Å². The Hall–Kier alpha value is -1.03. The van der Waals surface area contributed by atoms with Crippen molar-refractivity contribution in [1.29, 1.82) is 0 Å². The standard InChI is InChI=1S/C19H37N3O/c1-5-6-7-8-11-15-22(3)18(20-2)21-17-19(14-16-23-4)12-9-10-13-19/h5H,1,6-17H2,2-4H3,(H,20,21). The zero-order valence-electron chi connectivity index (χ0n) is 15.6. The minimum atomic E-state index is 0.400. The molecule has 23 heavy (non-hydrogen) atoms. The minimum absolute atomic E-state index is 0.400. The topological polar surface area (TPSA) is 36.9 Å². The van der Waals surface area contributed by atoms with Crippen molar-refractivity contribution in [3.63, 3.8) is 0 Å². The van der Waals surface area contributed by atoms with E-state index in [9.17, 15) is 0 Å². The average molecular weight is 324 g/mol. The minimum Gasteiger partial charge on any atom is -0.385 e. The number of hydrogen-bond donors (Lipinski definition) is 1. The highest BCUT2D eigenvalue weighted by Crippen LogP contribution is 2.40. The van der Waals surface area contributed by atoms with Gasteiger partial charge in [-0.25, -0.2) is 0 Å². The molecule has 4 nitrogen and oxygen atoms in total. The molecule has 1 aliphatic rings. The van der Waals surface area contributed by atoms with Crippen molar-refractivity contribution in [2.24, 2.45) is 10.4 Å². The number of aliphatic imine (C=N–C) groups is 1. The van der Waals surface area contributed by atoms with E-state index in [0.717, 1.165) is 38.5 Å². The van der Waals surface area contributed by atoms with E-state index in [2.05, 4.69) is 28.8 Å². The molecule has 0 heterocycles. The van der Waals surface area contributed by atoms with Crippen molar-refractivity contribution in [3.05, 3.63) is 12.7 Å². The van der Waals surface area contributed by atoms with E-state index in [1.807, 2.05) is 13.1 Å². The van der Waals surface area contributed by atoms with Gasteiger partial charge in [-0.2, -0.15) is 0 Å². The Morgan fingerprint density at radius 3 is 2.65 bits per heavy atom. The monoisotopic (exact) mass is 323 g/mol. The molecule has 1 fully saturated rings. The van der Waals surface area contributed by atoms with Crippen molar-refractivity contribution >= 4 is 5.96 Å². The average Bonchev–Trinajstić information content (AvgIpc) is 3.02. The first-order valence-electron chi connectivity index (χ1n) is 9.19. The number of nitrogens with one attached hydrogen (secondary N) is 1. The maximum atomic E-state index is 5.32. The van der Waals surface area contributed by atoms with Crippen molar-refractivity contribution in [1.82, 2.24) is 10.2 Å². The molecule has 1 rings (SSSR count). The molecule has 1 aliphatic carbocycles. The Bertz CT molecular complexity index is 349. The van der Waals surface area contributed by atoms with Gasteiger partial charge in [0.15, 0.2) is 5.96 Å². The fourth-order valence-electron chi connectivity index (χ4n) is 3.53. The Morgan fingerprint density at radius 1 is 1.30 bits per heavy atom. The molecule has 0 saturated heterocycles. The Morgan fingerprint density at radius 2 is 2.04 bits per heavy atom. The van der Waals surface area contributed by atoms with Crippen LogP contribution in [-0.2, 0) is 4.74 Å². The van der Waals surface area contributed by atoms with Gasteiger partial charge in [0.1, 0.15) is 0 Å². The number of methoxy groups -OCH3 is 1. The van der Waals surface area contributed by atoms with E-state index < -0.39 is 0 Å². The third-order valence-corrected chi connectivity index (χ3v) is 5.10. The summed E-state index contributed by atoms with van der Waals surface area (Å²) < 4.78 is 5.32. The molecule has 0 radical (unpaired) electrons. The lowest BCUT2D eigenvalue weighted by atomic mass is 9.83. The van der Waals surface area contributed by atoms with Crippen LogP contribution >= 0.6 is 0 Å². The molecular weight excluding hydrogens is 286 g/mol. The molecule has 1 saturated carbocycles. The molecule has 0 aromatic carbocycles. The SMILES string of the molecule is C=CCCCCCN(C)C(=NC)NCC1(CCOC)CCCC1. The summed E-state index contributed by atoms with van der Waals surface area (Å²) in [5.74, 6) is 1.03. The van der Waals surface area contributed by atoms with Gasteiger partial charge >= 0.3 is 0 Å². The molecule has 0 aliphatic heterocycles. The summed E-state index contributed by atoms with van der Waals surface area (Å²) in [6.07, 6.45) is 13.3. The highest BCUT2D eigenvalue weighted by atomic mass is 16.5. The van der Waals surface area contributed by atoms with E-state index in [0.29, 0.717) is 5.41 Å². The van der Waals surface area contributed by atoms with E-state index >= 15 is 0 Å². The van der Waals surface area contributed by atoms with E-state index in [1.54, 1.807) is 7.11 Å². The molecule has 0 amide bonds. The van der Waals surface area contributed by atoms with Gasteiger partial charge in [0.25, 0.3) is 0 Å². The Labute approximate surface area is 143 Å². The summed E-state index contributed by atoms with van der Waals surface area (Å²) in [5, 5.41) is 3.62. The molecule has 1 N–H and O–H groups in total. The van der Waals surface area contributed by atoms with Crippen LogP contribution in [0, 0.1) is 5.41 Å². The summed E-state index contributed by atoms with van der Waals surface area (Å²) >= 11 is 0. The molecule has 0 spiro atoms. The van der Waals surface area contributed by atoms with E-state index in [-0.39, 0.29) is 0 Å². The second-order valence-electron chi connectivity index (χ2n) is 6.91. The van der Waals surface area contributed by atoms with Gasteiger partial charge in [-0.3, -0.25) is 4.99 Å². The molecule has 0 atom stereocenters. The predicted molar refractivity (Wildman–Crippen MR) is 100 cm³/mol. The fourth-order valence-corrected chi connectivity index (χ4v) is 3.53. The third kappa shape index (κ3) is 7.38. The van der Waals surface area contributed by atoms with Crippen LogP contribution in [0.1, 0.15) is 57.8 Å². The van der Waals surface area contributed by atoms with Crippen LogP contribution in [0.5, 0.6) is 0 Å². The van der Waals surface area contributed by atoms with Gasteiger partial charge < -0.3 is 15.0 Å². The summed E-state index contributed by atoms with van der Waals surface area (Å²) in [4.78, 5) is 6.72. The van der Waals surface area contributed by atoms with Crippen LogP contribution in [0.3, 0.4) is 0 Å². The van der Waals surface area contributed by atoms with Gasteiger partial charge in [-0.1, -0.05) is 25.3 Å². The Balaban J connectivity index is 2.37. The van der Waals surface area contributed by atoms with Crippen LogP contribution in [0.25, 0.3) is 0 Å². The number of ether oxygens (including phenoxy) is 1. The lowest BCUT2D eigenvalue weighted by Gasteiger charge is -2.31. The normalized spacial score (nSPS) is 17.3. The first kappa shape index (κ1) is 20.0. The number of allylic oxidation sites excluding steroid dienone is 1. The molecule has 0 aromatic rings. The van der Waals surface area contributed by atoms with Crippen LogP contribution in [0.15, 0.2) is 17.6 Å². The van der Waals surface area contributed by atoms with Crippen LogP contribution in [0.2, 0.25) is 0 Å². The zero-order valence-corrected chi connectivity index (χ0v) is 15.6. The van der Waals surface area contributed by atoms with Crippen LogP contribution in [-0.4, -0.2) is 51.8 Å². The number of unbranched alkanes of at least 4 members (excludes halogenated alkanes) is 3. The fraction of sp³-hybridized carbons (Fsp3) is 0.842. The summed E-state index contributed by atoms with van der Waals surface area (Å²) in [6.45, 7) is 6.71. The smallest absolute Gasteiger partial charge is 0.193 e. The number of guanidine groups is 1. The van der Waals surface area contributed by atoms with Gasteiger partial charge in [0.2, 0.25) is 0 Å². The summed E-state index contributed by atoms with van der Waals surface area (Å²) in [7, 11) is 5.82. The predicted octanol–water partition coefficient (Wildman–Crippen LogP) is 3.84. The van der Waals surface area contributed by atoms with Gasteiger partial charge in [0, 0.05) is 40.9 Å². The molecule has 134 valence electrons. The van der Waals surface area contributed by atoms with Crippen molar-refractivity contribution in [2.75, 3.05) is 40.9 Å². The zero-order chi connectivity index (χ0) is 17.0. The van der Waals surface area contributed by atoms with Crippen molar-refractivity contribution in [2.45, 2.75) is 57.8 Å². The largest absolute Gasteiger partial charge is 0.385 e. The summed E-state index contributed by atoms with van der Waals surface area (Å²) in [5.41, 5.74) is 0.400. The number of hydrogen-bond acceptors (Lipinski definition) is 2. The number of nitrogens with zero attached hydrogens (tertiary/aromatic N) is 2. The molecule has 4 heteroatoms. The summed E-state index contributed by atoms with van der Waals surface area (Å²) in [6, 6.07) is 0. The maximum absolute atomic E-state index is 5.32. The van der Waals surface area contributed by atoms with E-state index in [4.69, 9.17) is 4.74 Å². The third-order valence-electron chi connectivity index (χ3n) is 5.10. The van der Waals surface area contributed by atoms with Crippen LogP contribution in [0.4, 0.5) is 0 Å². The van der Waals surface area contributed by atoms with Crippen molar-refractivity contribution in [3.8, 4) is 0 Å². The van der Waals surface area contributed by atoms with E-state index in [1.165, 1.54) is 44.9 Å². The van der Waals surface area contributed by atoms with Crippen molar-refractivity contribution < 1.29 is 4.74 Å². The van der Waals surface area contributed by atoms with Crippen LogP contribution < -0.4 is 5.32 Å². The second kappa shape index (κ2) is 11.5. The molecule has 0 bridgehead atoms. The first-order chi connectivity index (χ1) is 11.2. The lowest BCUT2D eigenvalue weighted by Crippen LogP contribution is -2.44. The molecule has 0 unspecified atom stereocenters. The van der Waals surface area contributed by atoms with Gasteiger partial charge in [-0.05, 0) is 43.9 Å². The quantitative estimate of drug-likeness (QED) is 0.272. The Kier molecular flexibility index (Phi) is 10.0. The lowest BCUT2D eigenvalue weighted by molar-refractivity contribution is 0.138. The van der Waals surface area contributed by atoms with Gasteiger partial charge in [0.05, 0.1) is 0 Å². The maximum Gasteiger partial charge on any atom is 0.193 e. The number of rotatable bonds is 11.